The topological polar surface area (TPSA) is 49.3 Å². The third-order valence-electron chi connectivity index (χ3n) is 3.61. The maximum absolute atomic E-state index is 11.3. The predicted octanol–water partition coefficient (Wildman–Crippen LogP) is 3.63. The van der Waals surface area contributed by atoms with Gasteiger partial charge < -0.3 is 10.4 Å². The van der Waals surface area contributed by atoms with Crippen LogP contribution >= 0.6 is 11.8 Å². The van der Waals surface area contributed by atoms with Crippen molar-refractivity contribution in [1.82, 2.24) is 5.32 Å². The van der Waals surface area contributed by atoms with Gasteiger partial charge >= 0.3 is 5.97 Å². The van der Waals surface area contributed by atoms with E-state index in [4.69, 9.17) is 0 Å². The fourth-order valence-corrected chi connectivity index (χ4v) is 3.03. The lowest BCUT2D eigenvalue weighted by Crippen LogP contribution is -2.49. The molecule has 0 saturated heterocycles. The Morgan fingerprint density at radius 2 is 2.05 bits per heavy atom. The molecule has 0 aliphatic heterocycles. The molecule has 0 bridgehead atoms. The highest BCUT2D eigenvalue weighted by atomic mass is 32.2. The molecule has 0 aliphatic rings. The molecule has 3 nitrogen and oxygen atoms in total. The van der Waals surface area contributed by atoms with E-state index in [1.54, 1.807) is 18.7 Å². The largest absolute Gasteiger partial charge is 0.480 e. The number of nitrogens with one attached hydrogen (secondary N) is 1. The van der Waals surface area contributed by atoms with Gasteiger partial charge in [0.1, 0.15) is 5.54 Å². The van der Waals surface area contributed by atoms with Gasteiger partial charge in [0.05, 0.1) is 0 Å². The van der Waals surface area contributed by atoms with Gasteiger partial charge in [-0.2, -0.15) is 0 Å². The number of rotatable bonds is 8. The van der Waals surface area contributed by atoms with Crippen LogP contribution in [0.2, 0.25) is 0 Å². The van der Waals surface area contributed by atoms with Crippen LogP contribution in [-0.4, -0.2) is 28.9 Å². The fraction of sp³-hybridized carbons (Fsp3) is 0.562. The second kappa shape index (κ2) is 7.70. The molecule has 0 saturated carbocycles. The molecule has 0 fully saturated rings. The zero-order chi connectivity index (χ0) is 15.2. The molecular formula is C16H25NO2S. The second-order valence-electron chi connectivity index (χ2n) is 5.37. The van der Waals surface area contributed by atoms with Crippen molar-refractivity contribution in [3.05, 3.63) is 29.3 Å². The Hall–Kier alpha value is -1.00. The van der Waals surface area contributed by atoms with Gasteiger partial charge in [-0.3, -0.25) is 4.79 Å². The van der Waals surface area contributed by atoms with Crippen LogP contribution < -0.4 is 5.32 Å². The van der Waals surface area contributed by atoms with E-state index in [2.05, 4.69) is 37.4 Å². The second-order valence-corrected chi connectivity index (χ2v) is 6.53. The maximum Gasteiger partial charge on any atom is 0.323 e. The standard InChI is InChI=1S/C16H25NO2S/c1-5-17-16(4,15(18)19)9-6-10-20-14-8-7-12(2)13(3)11-14/h7-8,11,17H,5-6,9-10H2,1-4H3,(H,18,19). The number of aliphatic carboxylic acids is 1. The van der Waals surface area contributed by atoms with Crippen LogP contribution in [0.1, 0.15) is 37.8 Å². The minimum absolute atomic E-state index is 0.647. The number of carboxylic acid groups (broad SMARTS) is 1. The van der Waals surface area contributed by atoms with E-state index in [0.717, 1.165) is 12.2 Å². The van der Waals surface area contributed by atoms with Crippen molar-refractivity contribution >= 4 is 17.7 Å². The summed E-state index contributed by atoms with van der Waals surface area (Å²) in [5.41, 5.74) is 1.80. The molecule has 20 heavy (non-hydrogen) atoms. The third-order valence-corrected chi connectivity index (χ3v) is 4.69. The van der Waals surface area contributed by atoms with E-state index in [1.807, 2.05) is 6.92 Å². The van der Waals surface area contributed by atoms with Crippen LogP contribution in [0, 0.1) is 13.8 Å². The maximum atomic E-state index is 11.3. The van der Waals surface area contributed by atoms with E-state index >= 15 is 0 Å². The molecule has 0 heterocycles. The van der Waals surface area contributed by atoms with Crippen molar-refractivity contribution in [2.24, 2.45) is 0 Å². The Bertz CT molecular complexity index is 462. The third kappa shape index (κ3) is 4.84. The van der Waals surface area contributed by atoms with E-state index in [9.17, 15) is 9.90 Å². The summed E-state index contributed by atoms with van der Waals surface area (Å²) in [5.74, 6) is 0.173. The Labute approximate surface area is 126 Å². The Morgan fingerprint density at radius 1 is 1.35 bits per heavy atom. The van der Waals surface area contributed by atoms with Crippen molar-refractivity contribution in [1.29, 1.82) is 0 Å². The molecule has 1 aromatic rings. The van der Waals surface area contributed by atoms with Gasteiger partial charge in [-0.15, -0.1) is 11.8 Å². The normalized spacial score (nSPS) is 14.0. The number of hydrogen-bond acceptors (Lipinski definition) is 3. The lowest BCUT2D eigenvalue weighted by Gasteiger charge is -2.25. The van der Waals surface area contributed by atoms with Crippen LogP contribution in [0.25, 0.3) is 0 Å². The molecule has 0 aromatic heterocycles. The van der Waals surface area contributed by atoms with E-state index in [-0.39, 0.29) is 0 Å². The molecule has 1 unspecified atom stereocenters. The van der Waals surface area contributed by atoms with E-state index in [0.29, 0.717) is 13.0 Å². The van der Waals surface area contributed by atoms with Crippen LogP contribution in [0.3, 0.4) is 0 Å². The number of carbonyl (C=O) groups is 1. The van der Waals surface area contributed by atoms with Crippen LogP contribution in [0.15, 0.2) is 23.1 Å². The lowest BCUT2D eigenvalue weighted by atomic mass is 9.96. The molecule has 1 atom stereocenters. The molecule has 0 aliphatic carbocycles. The number of carboxylic acids is 1. The summed E-state index contributed by atoms with van der Waals surface area (Å²) in [7, 11) is 0. The van der Waals surface area contributed by atoms with Gasteiger partial charge in [-0.05, 0) is 69.2 Å². The van der Waals surface area contributed by atoms with Gasteiger partial charge in [0, 0.05) is 4.90 Å². The van der Waals surface area contributed by atoms with Crippen molar-refractivity contribution in [3.8, 4) is 0 Å². The van der Waals surface area contributed by atoms with E-state index < -0.39 is 11.5 Å². The van der Waals surface area contributed by atoms with Crippen LogP contribution in [0.4, 0.5) is 0 Å². The summed E-state index contributed by atoms with van der Waals surface area (Å²) < 4.78 is 0. The number of likely N-dealkylation sites (N-methyl/N-ethyl adjacent to an activating group) is 1. The molecule has 4 heteroatoms. The van der Waals surface area contributed by atoms with E-state index in [1.165, 1.54) is 16.0 Å². The summed E-state index contributed by atoms with van der Waals surface area (Å²) in [6.45, 7) is 8.60. The van der Waals surface area contributed by atoms with Crippen molar-refractivity contribution in [2.75, 3.05) is 12.3 Å². The number of hydrogen-bond donors (Lipinski definition) is 2. The monoisotopic (exact) mass is 295 g/mol. The number of aryl methyl sites for hydroxylation is 2. The highest BCUT2D eigenvalue weighted by molar-refractivity contribution is 7.99. The highest BCUT2D eigenvalue weighted by Gasteiger charge is 2.30. The Balaban J connectivity index is 2.44. The quantitative estimate of drug-likeness (QED) is 0.568. The first-order valence-electron chi connectivity index (χ1n) is 7.07. The Morgan fingerprint density at radius 3 is 2.60 bits per heavy atom. The summed E-state index contributed by atoms with van der Waals surface area (Å²) in [6.07, 6.45) is 1.53. The molecule has 0 amide bonds. The summed E-state index contributed by atoms with van der Waals surface area (Å²) in [6, 6.07) is 6.46. The molecule has 0 spiro atoms. The fourth-order valence-electron chi connectivity index (χ4n) is 2.08. The zero-order valence-electron chi connectivity index (χ0n) is 12.8. The SMILES string of the molecule is CCNC(C)(CCCSc1ccc(C)c(C)c1)C(=O)O. The predicted molar refractivity (Wildman–Crippen MR) is 85.6 cm³/mol. The number of thioether (sulfide) groups is 1. The first kappa shape index (κ1) is 17.1. The Kier molecular flexibility index (Phi) is 6.56. The summed E-state index contributed by atoms with van der Waals surface area (Å²) in [4.78, 5) is 12.5. The van der Waals surface area contributed by atoms with Crippen molar-refractivity contribution in [3.63, 3.8) is 0 Å². The minimum Gasteiger partial charge on any atom is -0.480 e. The van der Waals surface area contributed by atoms with Crippen LogP contribution in [-0.2, 0) is 4.79 Å². The van der Waals surface area contributed by atoms with Gasteiger partial charge in [0.15, 0.2) is 0 Å². The summed E-state index contributed by atoms with van der Waals surface area (Å²) >= 11 is 1.79. The molecule has 0 radical (unpaired) electrons. The molecular weight excluding hydrogens is 270 g/mol. The molecule has 1 rings (SSSR count). The smallest absolute Gasteiger partial charge is 0.323 e. The van der Waals surface area contributed by atoms with Gasteiger partial charge in [-0.25, -0.2) is 0 Å². The minimum atomic E-state index is -0.807. The number of benzene rings is 1. The van der Waals surface area contributed by atoms with Crippen molar-refractivity contribution < 1.29 is 9.90 Å². The van der Waals surface area contributed by atoms with Crippen LogP contribution in [0.5, 0.6) is 0 Å². The average molecular weight is 295 g/mol. The zero-order valence-corrected chi connectivity index (χ0v) is 13.6. The molecule has 1 aromatic carbocycles. The summed E-state index contributed by atoms with van der Waals surface area (Å²) in [5, 5.41) is 12.3. The first-order valence-corrected chi connectivity index (χ1v) is 8.06. The first-order chi connectivity index (χ1) is 9.39. The molecule has 112 valence electrons. The average Bonchev–Trinajstić information content (AvgIpc) is 2.39. The highest BCUT2D eigenvalue weighted by Crippen LogP contribution is 2.23. The lowest BCUT2D eigenvalue weighted by molar-refractivity contribution is -0.144. The molecule has 2 N–H and O–H groups in total. The van der Waals surface area contributed by atoms with Gasteiger partial charge in [0.25, 0.3) is 0 Å². The van der Waals surface area contributed by atoms with Gasteiger partial charge in [0.2, 0.25) is 0 Å². The van der Waals surface area contributed by atoms with Gasteiger partial charge in [-0.1, -0.05) is 13.0 Å². The van der Waals surface area contributed by atoms with Crippen molar-refractivity contribution in [2.45, 2.75) is 51.0 Å².